The van der Waals surface area contributed by atoms with Crippen LogP contribution in [0.2, 0.25) is 0 Å². The molecule has 3 saturated heterocycles. The third kappa shape index (κ3) is 9.82. The molecule has 0 aliphatic carbocycles. The molecule has 0 saturated carbocycles. The van der Waals surface area contributed by atoms with Crippen molar-refractivity contribution >= 4 is 12.0 Å². The highest BCUT2D eigenvalue weighted by Gasteiger charge is 2.55. The molecule has 0 unspecified atom stereocenters. The molecule has 15 atom stereocenters. The maximum atomic E-state index is 13.3. The normalized spacial score (nSPS) is 36.9. The van der Waals surface area contributed by atoms with Gasteiger partial charge in [0, 0.05) is 6.08 Å². The van der Waals surface area contributed by atoms with E-state index in [1.165, 1.54) is 43.3 Å². The van der Waals surface area contributed by atoms with Crippen LogP contribution in [-0.4, -0.2) is 179 Å². The van der Waals surface area contributed by atoms with Gasteiger partial charge >= 0.3 is 5.97 Å². The number of aliphatic hydroxyl groups excluding tert-OH is 8. The van der Waals surface area contributed by atoms with Crippen LogP contribution in [0.4, 0.5) is 0 Å². The Morgan fingerprint density at radius 2 is 1.24 bits per heavy atom. The van der Waals surface area contributed by atoms with E-state index < -0.39 is 129 Å². The molecule has 0 bridgehead atoms. The SMILES string of the molecule is C[C@@H]1O[C@@H](O[C@@H]2[C@@H](O[C@@H]3O[C@H](CO)[C@@H](O)[C@H](O)[C@H]3O)[C@H](OCCc3ccc(O)c(O)c3)O[C@H](CO)[C@H]2OC(=O)C=Cc2ccc(O)c(O)c2)[C@H](O)[C@H](O)[C@H]1O. The first-order valence-electron chi connectivity index (χ1n) is 17.2. The molecule has 12 N–H and O–H groups in total. The number of carbonyl (C=O) groups excluding carboxylic acids is 1. The molecule has 0 aromatic heterocycles. The van der Waals surface area contributed by atoms with Crippen molar-refractivity contribution in [2.75, 3.05) is 19.8 Å². The Labute approximate surface area is 313 Å². The average molecular weight is 787 g/mol. The average Bonchev–Trinajstić information content (AvgIpc) is 3.16. The predicted octanol–water partition coefficient (Wildman–Crippen LogP) is -3.19. The topological polar surface area (TPSA) is 324 Å². The van der Waals surface area contributed by atoms with E-state index in [2.05, 4.69) is 0 Å². The van der Waals surface area contributed by atoms with Gasteiger partial charge in [0.25, 0.3) is 0 Å². The maximum Gasteiger partial charge on any atom is 0.331 e. The first-order chi connectivity index (χ1) is 26.1. The Bertz CT molecular complexity index is 1610. The lowest BCUT2D eigenvalue weighted by atomic mass is 9.96. The molecule has 0 amide bonds. The van der Waals surface area contributed by atoms with Crippen LogP contribution in [0.5, 0.6) is 23.0 Å². The molecule has 306 valence electrons. The number of phenols is 4. The van der Waals surface area contributed by atoms with Crippen LogP contribution < -0.4 is 0 Å². The zero-order valence-corrected chi connectivity index (χ0v) is 29.2. The van der Waals surface area contributed by atoms with Crippen molar-refractivity contribution in [3.63, 3.8) is 0 Å². The molecule has 55 heavy (non-hydrogen) atoms. The van der Waals surface area contributed by atoms with Crippen LogP contribution in [0.25, 0.3) is 6.08 Å². The molecule has 20 heteroatoms. The van der Waals surface area contributed by atoms with Crippen LogP contribution in [0, 0.1) is 0 Å². The number of ether oxygens (including phenoxy) is 7. The monoisotopic (exact) mass is 786 g/mol. The van der Waals surface area contributed by atoms with E-state index in [-0.39, 0.29) is 24.3 Å². The summed E-state index contributed by atoms with van der Waals surface area (Å²) < 4.78 is 41.1. The van der Waals surface area contributed by atoms with E-state index in [1.54, 1.807) is 0 Å². The summed E-state index contributed by atoms with van der Waals surface area (Å²) in [7, 11) is 0. The van der Waals surface area contributed by atoms with Crippen molar-refractivity contribution in [3.05, 3.63) is 53.6 Å². The highest BCUT2D eigenvalue weighted by Crippen LogP contribution is 2.36. The second-order valence-corrected chi connectivity index (χ2v) is 13.2. The van der Waals surface area contributed by atoms with Crippen molar-refractivity contribution in [3.8, 4) is 23.0 Å². The summed E-state index contributed by atoms with van der Waals surface area (Å²) in [6.45, 7) is -0.540. The summed E-state index contributed by atoms with van der Waals surface area (Å²) in [6, 6.07) is 7.72. The van der Waals surface area contributed by atoms with Crippen LogP contribution in [0.1, 0.15) is 18.1 Å². The standard InChI is InChI=1S/C35H46O20/c1-14-24(43)26(45)28(47)33(50-14)54-31-30(53-23(42)7-4-15-2-5-17(38)19(40)10-15)22(13-37)52-35(49-9-8-16-3-6-18(39)20(41)11-16)32(31)55-34-29(48)27(46)25(44)21(12-36)51-34/h2-7,10-11,14,21-22,24-41,43-48H,8-9,12-13H2,1H3/t14-,21+,22+,24-,25+,26+,27-,28+,29+,30+,31-,32+,33-,34-,35+/m0/s1. The van der Waals surface area contributed by atoms with Gasteiger partial charge in [-0.1, -0.05) is 12.1 Å². The molecule has 0 spiro atoms. The Kier molecular flexibility index (Phi) is 14.3. The number of esters is 1. The van der Waals surface area contributed by atoms with Gasteiger partial charge in [0.1, 0.15) is 61.0 Å². The van der Waals surface area contributed by atoms with Gasteiger partial charge in [-0.25, -0.2) is 4.79 Å². The minimum absolute atomic E-state index is 0.0812. The number of aliphatic hydroxyl groups is 8. The summed E-state index contributed by atoms with van der Waals surface area (Å²) in [5, 5.41) is 123. The highest BCUT2D eigenvalue weighted by molar-refractivity contribution is 5.87. The summed E-state index contributed by atoms with van der Waals surface area (Å²) in [5.74, 6) is -2.74. The van der Waals surface area contributed by atoms with E-state index in [9.17, 15) is 66.1 Å². The number of carbonyl (C=O) groups is 1. The van der Waals surface area contributed by atoms with Crippen molar-refractivity contribution in [2.45, 2.75) is 105 Å². The first kappa shape index (κ1) is 42.4. The molecule has 2 aromatic rings. The Morgan fingerprint density at radius 1 is 0.655 bits per heavy atom. The van der Waals surface area contributed by atoms with Crippen molar-refractivity contribution in [1.82, 2.24) is 0 Å². The molecule has 5 rings (SSSR count). The molecule has 20 nitrogen and oxygen atoms in total. The van der Waals surface area contributed by atoms with Gasteiger partial charge in [-0.05, 0) is 54.8 Å². The van der Waals surface area contributed by atoms with Gasteiger partial charge in [-0.3, -0.25) is 0 Å². The molecular formula is C35H46O20. The van der Waals surface area contributed by atoms with Gasteiger partial charge < -0.3 is 94.4 Å². The Hall–Kier alpha value is -3.71. The van der Waals surface area contributed by atoms with Crippen molar-refractivity contribution < 1.29 is 99.2 Å². The smallest absolute Gasteiger partial charge is 0.331 e. The van der Waals surface area contributed by atoms with Gasteiger partial charge in [0.2, 0.25) is 0 Å². The Morgan fingerprint density at radius 3 is 1.87 bits per heavy atom. The molecule has 3 heterocycles. The second-order valence-electron chi connectivity index (χ2n) is 13.2. The van der Waals surface area contributed by atoms with E-state index in [0.717, 1.165) is 12.1 Å². The number of hydrogen-bond donors (Lipinski definition) is 12. The van der Waals surface area contributed by atoms with Gasteiger partial charge in [0.05, 0.1) is 25.9 Å². The minimum atomic E-state index is -1.98. The molecule has 3 fully saturated rings. The maximum absolute atomic E-state index is 13.3. The predicted molar refractivity (Wildman–Crippen MR) is 180 cm³/mol. The fourth-order valence-electron chi connectivity index (χ4n) is 6.22. The van der Waals surface area contributed by atoms with Crippen LogP contribution in [0.3, 0.4) is 0 Å². The number of hydrogen-bond acceptors (Lipinski definition) is 20. The number of phenolic OH excluding ortho intramolecular Hbond substituents is 4. The van der Waals surface area contributed by atoms with E-state index in [4.69, 9.17) is 33.2 Å². The number of aromatic hydroxyl groups is 4. The molecule has 2 aromatic carbocycles. The van der Waals surface area contributed by atoms with Crippen LogP contribution in [-0.2, 0) is 44.4 Å². The fraction of sp³-hybridized carbons (Fsp3) is 0.571. The number of benzene rings is 2. The van der Waals surface area contributed by atoms with E-state index in [1.807, 2.05) is 0 Å². The highest BCUT2D eigenvalue weighted by atomic mass is 16.8. The quantitative estimate of drug-likeness (QED) is 0.0541. The summed E-state index contributed by atoms with van der Waals surface area (Å²) >= 11 is 0. The summed E-state index contributed by atoms with van der Waals surface area (Å²) in [4.78, 5) is 13.3. The molecule has 3 aliphatic heterocycles. The van der Waals surface area contributed by atoms with E-state index >= 15 is 0 Å². The second kappa shape index (κ2) is 18.5. The third-order valence-corrected chi connectivity index (χ3v) is 9.39. The fourth-order valence-corrected chi connectivity index (χ4v) is 6.22. The summed E-state index contributed by atoms with van der Waals surface area (Å²) in [5.41, 5.74) is 0.753. The van der Waals surface area contributed by atoms with Crippen LogP contribution >= 0.6 is 0 Å². The molecule has 3 aliphatic rings. The first-order valence-corrected chi connectivity index (χ1v) is 17.2. The third-order valence-electron chi connectivity index (χ3n) is 9.39. The van der Waals surface area contributed by atoms with Gasteiger partial charge in [0.15, 0.2) is 48.0 Å². The van der Waals surface area contributed by atoms with Gasteiger partial charge in [-0.15, -0.1) is 0 Å². The molecular weight excluding hydrogens is 740 g/mol. The Balaban J connectivity index is 1.50. The van der Waals surface area contributed by atoms with Crippen molar-refractivity contribution in [1.29, 1.82) is 0 Å². The zero-order chi connectivity index (χ0) is 40.1. The lowest BCUT2D eigenvalue weighted by Crippen LogP contribution is -2.67. The molecule has 0 radical (unpaired) electrons. The van der Waals surface area contributed by atoms with Crippen LogP contribution in [0.15, 0.2) is 42.5 Å². The lowest BCUT2D eigenvalue weighted by Gasteiger charge is -2.49. The minimum Gasteiger partial charge on any atom is -0.504 e. The lowest BCUT2D eigenvalue weighted by molar-refractivity contribution is -0.390. The summed E-state index contributed by atoms with van der Waals surface area (Å²) in [6.07, 6.45) is -23.3. The van der Waals surface area contributed by atoms with Gasteiger partial charge in [-0.2, -0.15) is 0 Å². The number of rotatable bonds is 13. The zero-order valence-electron chi connectivity index (χ0n) is 29.2. The van der Waals surface area contributed by atoms with E-state index in [0.29, 0.717) is 5.56 Å². The largest absolute Gasteiger partial charge is 0.504 e. The van der Waals surface area contributed by atoms with Crippen molar-refractivity contribution in [2.24, 2.45) is 0 Å².